The minimum absolute atomic E-state index is 0.916. The first-order chi connectivity index (χ1) is 14.8. The maximum atomic E-state index is 8.59. The molecule has 0 atom stereocenters. The number of allylic oxidation sites excluding steroid dienone is 2. The van der Waals surface area contributed by atoms with Gasteiger partial charge in [-0.25, -0.2) is 0 Å². The van der Waals surface area contributed by atoms with Gasteiger partial charge in [-0.15, -0.1) is 0 Å². The molecular weight excluding hydrogens is 362 g/mol. The van der Waals surface area contributed by atoms with E-state index in [1.807, 2.05) is 0 Å². The van der Waals surface area contributed by atoms with Crippen LogP contribution in [0.25, 0.3) is 0 Å². The molecule has 0 unspecified atom stereocenters. The van der Waals surface area contributed by atoms with Gasteiger partial charge in [-0.2, -0.15) is 5.26 Å². The lowest BCUT2D eigenvalue weighted by atomic mass is 9.68. The van der Waals surface area contributed by atoms with Gasteiger partial charge in [-0.3, -0.25) is 0 Å². The molecule has 2 fully saturated rings. The molecule has 1 heteroatoms. The molecule has 0 saturated heterocycles. The zero-order valence-electron chi connectivity index (χ0n) is 19.3. The molecule has 0 aromatic heterocycles. The summed E-state index contributed by atoms with van der Waals surface area (Å²) in [6, 6.07) is 11.4. The SMILES string of the molecule is CCc1ccc(CCCCC2CCC(C3CCC(CCC=CC#N)CC3)CC2)cc1. The molecule has 164 valence electrons. The van der Waals surface area contributed by atoms with E-state index in [0.717, 1.165) is 36.5 Å². The Balaban J connectivity index is 1.25. The van der Waals surface area contributed by atoms with Gasteiger partial charge in [0.25, 0.3) is 0 Å². The molecule has 0 N–H and O–H groups in total. The monoisotopic (exact) mass is 405 g/mol. The molecule has 0 radical (unpaired) electrons. The lowest BCUT2D eigenvalue weighted by Gasteiger charge is -2.38. The van der Waals surface area contributed by atoms with Gasteiger partial charge in [0.2, 0.25) is 0 Å². The van der Waals surface area contributed by atoms with Gasteiger partial charge >= 0.3 is 0 Å². The minimum atomic E-state index is 0.916. The first-order valence-corrected chi connectivity index (χ1v) is 12.9. The second-order valence-electron chi connectivity index (χ2n) is 10.1. The summed E-state index contributed by atoms with van der Waals surface area (Å²) in [5.74, 6) is 3.96. The van der Waals surface area contributed by atoms with Gasteiger partial charge in [0.1, 0.15) is 0 Å². The Kier molecular flexibility index (Phi) is 10.0. The normalized spacial score (nSPS) is 27.2. The van der Waals surface area contributed by atoms with E-state index in [2.05, 4.69) is 43.3 Å². The van der Waals surface area contributed by atoms with Crippen LogP contribution in [0.4, 0.5) is 0 Å². The minimum Gasteiger partial charge on any atom is -0.193 e. The van der Waals surface area contributed by atoms with Crippen LogP contribution in [0.2, 0.25) is 0 Å². The van der Waals surface area contributed by atoms with Crippen LogP contribution in [0.3, 0.4) is 0 Å². The van der Waals surface area contributed by atoms with Crippen molar-refractivity contribution in [2.24, 2.45) is 23.7 Å². The summed E-state index contributed by atoms with van der Waals surface area (Å²) < 4.78 is 0. The maximum Gasteiger partial charge on any atom is 0.0908 e. The topological polar surface area (TPSA) is 23.8 Å². The Labute approximate surface area is 186 Å². The summed E-state index contributed by atoms with van der Waals surface area (Å²) in [6.07, 6.45) is 24.5. The molecule has 0 amide bonds. The van der Waals surface area contributed by atoms with Crippen molar-refractivity contribution in [3.63, 3.8) is 0 Å². The van der Waals surface area contributed by atoms with Crippen LogP contribution in [-0.4, -0.2) is 0 Å². The smallest absolute Gasteiger partial charge is 0.0908 e. The van der Waals surface area contributed by atoms with Crippen LogP contribution < -0.4 is 0 Å². The highest BCUT2D eigenvalue weighted by Crippen LogP contribution is 2.43. The Bertz CT molecular complexity index is 649. The number of hydrogen-bond donors (Lipinski definition) is 0. The number of benzene rings is 1. The van der Waals surface area contributed by atoms with Gasteiger partial charge in [0, 0.05) is 6.08 Å². The molecule has 0 spiro atoms. The van der Waals surface area contributed by atoms with Crippen molar-refractivity contribution < 1.29 is 0 Å². The van der Waals surface area contributed by atoms with E-state index in [-0.39, 0.29) is 0 Å². The number of unbranched alkanes of at least 4 members (excludes halogenated alkanes) is 1. The number of hydrogen-bond acceptors (Lipinski definition) is 1. The first-order valence-electron chi connectivity index (χ1n) is 12.9. The van der Waals surface area contributed by atoms with E-state index in [9.17, 15) is 0 Å². The van der Waals surface area contributed by atoms with Crippen LogP contribution in [0.1, 0.15) is 102 Å². The van der Waals surface area contributed by atoms with Gasteiger partial charge in [0.15, 0.2) is 0 Å². The molecule has 2 saturated carbocycles. The molecule has 2 aliphatic carbocycles. The highest BCUT2D eigenvalue weighted by atomic mass is 14.4. The van der Waals surface area contributed by atoms with Crippen LogP contribution in [0.15, 0.2) is 36.4 Å². The summed E-state index contributed by atoms with van der Waals surface area (Å²) in [6.45, 7) is 2.23. The molecule has 2 aliphatic rings. The fourth-order valence-electron chi connectivity index (χ4n) is 6.07. The third kappa shape index (κ3) is 7.61. The molecular formula is C29H43N. The van der Waals surface area contributed by atoms with Crippen molar-refractivity contribution in [3.05, 3.63) is 47.5 Å². The third-order valence-corrected chi connectivity index (χ3v) is 8.14. The molecule has 30 heavy (non-hydrogen) atoms. The zero-order valence-corrected chi connectivity index (χ0v) is 19.3. The predicted molar refractivity (Wildman–Crippen MR) is 128 cm³/mol. The highest BCUT2D eigenvalue weighted by molar-refractivity contribution is 5.22. The summed E-state index contributed by atoms with van der Waals surface area (Å²) in [4.78, 5) is 0. The zero-order chi connectivity index (χ0) is 21.0. The lowest BCUT2D eigenvalue weighted by Crippen LogP contribution is -2.25. The van der Waals surface area contributed by atoms with E-state index in [4.69, 9.17) is 5.26 Å². The lowest BCUT2D eigenvalue weighted by molar-refractivity contribution is 0.140. The van der Waals surface area contributed by atoms with Crippen LogP contribution >= 0.6 is 0 Å². The fraction of sp³-hybridized carbons (Fsp3) is 0.690. The van der Waals surface area contributed by atoms with Crippen molar-refractivity contribution in [2.45, 2.75) is 103 Å². The Morgan fingerprint density at radius 2 is 1.37 bits per heavy atom. The second kappa shape index (κ2) is 13.0. The van der Waals surface area contributed by atoms with Crippen LogP contribution in [0.5, 0.6) is 0 Å². The Morgan fingerprint density at radius 1 is 0.800 bits per heavy atom. The van der Waals surface area contributed by atoms with Gasteiger partial charge in [0.05, 0.1) is 6.07 Å². The second-order valence-corrected chi connectivity index (χ2v) is 10.1. The number of rotatable bonds is 10. The Hall–Kier alpha value is -1.55. The van der Waals surface area contributed by atoms with Crippen molar-refractivity contribution in [1.82, 2.24) is 0 Å². The average Bonchev–Trinajstić information content (AvgIpc) is 2.81. The summed E-state index contributed by atoms with van der Waals surface area (Å²) in [5, 5.41) is 8.59. The number of nitrogens with zero attached hydrogens (tertiary/aromatic N) is 1. The van der Waals surface area contributed by atoms with Crippen molar-refractivity contribution in [1.29, 1.82) is 5.26 Å². The Morgan fingerprint density at radius 3 is 1.93 bits per heavy atom. The van der Waals surface area contributed by atoms with Crippen molar-refractivity contribution in [2.75, 3.05) is 0 Å². The maximum absolute atomic E-state index is 8.59. The first kappa shape index (κ1) is 23.1. The van der Waals surface area contributed by atoms with Gasteiger partial charge in [-0.1, -0.05) is 75.8 Å². The van der Waals surface area contributed by atoms with Crippen LogP contribution in [0, 0.1) is 35.0 Å². The highest BCUT2D eigenvalue weighted by Gasteiger charge is 2.30. The molecule has 0 aliphatic heterocycles. The van der Waals surface area contributed by atoms with Gasteiger partial charge < -0.3 is 0 Å². The summed E-state index contributed by atoms with van der Waals surface area (Å²) in [5.41, 5.74) is 2.98. The summed E-state index contributed by atoms with van der Waals surface area (Å²) >= 11 is 0. The van der Waals surface area contributed by atoms with E-state index < -0.39 is 0 Å². The van der Waals surface area contributed by atoms with Crippen molar-refractivity contribution in [3.8, 4) is 6.07 Å². The molecule has 0 heterocycles. The van der Waals surface area contributed by atoms with Crippen molar-refractivity contribution >= 4 is 0 Å². The number of nitriles is 1. The van der Waals surface area contributed by atoms with Crippen LogP contribution in [-0.2, 0) is 12.8 Å². The van der Waals surface area contributed by atoms with E-state index in [1.54, 1.807) is 6.08 Å². The molecule has 3 rings (SSSR count). The van der Waals surface area contributed by atoms with E-state index in [0.29, 0.717) is 0 Å². The van der Waals surface area contributed by atoms with E-state index >= 15 is 0 Å². The molecule has 0 bridgehead atoms. The van der Waals surface area contributed by atoms with Gasteiger partial charge in [-0.05, 0) is 92.6 Å². The van der Waals surface area contributed by atoms with E-state index in [1.165, 1.54) is 94.6 Å². The largest absolute Gasteiger partial charge is 0.193 e. The predicted octanol–water partition coefficient (Wildman–Crippen LogP) is 8.43. The summed E-state index contributed by atoms with van der Waals surface area (Å²) in [7, 11) is 0. The molecule has 1 aromatic rings. The quantitative estimate of drug-likeness (QED) is 0.283. The standard InChI is InChI=1S/C29H43N/c1-2-24-11-13-25(14-12-24)9-5-6-10-27-17-21-29(22-18-27)28-19-15-26(16-20-28)8-4-3-7-23-30/h3,7,11-14,26-29H,2,4-6,8-10,15-22H2,1H3. The number of aryl methyl sites for hydroxylation is 2. The third-order valence-electron chi connectivity index (χ3n) is 8.14. The molecule has 1 aromatic carbocycles. The average molecular weight is 406 g/mol. The fourth-order valence-corrected chi connectivity index (χ4v) is 6.07. The molecule has 1 nitrogen and oxygen atoms in total.